The third kappa shape index (κ3) is 9.08. The highest BCUT2D eigenvalue weighted by molar-refractivity contribution is 14.1. The Morgan fingerprint density at radius 3 is 2.43 bits per heavy atom. The molecule has 0 bridgehead atoms. The second-order valence-electron chi connectivity index (χ2n) is 8.12. The molecule has 0 saturated heterocycles. The minimum absolute atomic E-state index is 0.0146. The fourth-order valence-electron chi connectivity index (χ4n) is 3.58. The molecule has 0 saturated carbocycles. The van der Waals surface area contributed by atoms with Gasteiger partial charge in [0.15, 0.2) is 5.78 Å². The lowest BCUT2D eigenvalue weighted by molar-refractivity contribution is -0.122. The second kappa shape index (κ2) is 13.4. The van der Waals surface area contributed by atoms with Gasteiger partial charge in [-0.3, -0.25) is 14.6 Å². The molecule has 0 aliphatic heterocycles. The minimum atomic E-state index is -1.04. The van der Waals surface area contributed by atoms with Gasteiger partial charge in [-0.2, -0.15) is 0 Å². The van der Waals surface area contributed by atoms with Crippen molar-refractivity contribution in [2.24, 2.45) is 0 Å². The number of aliphatic hydroxyl groups is 1. The van der Waals surface area contributed by atoms with Crippen molar-refractivity contribution < 1.29 is 23.5 Å². The van der Waals surface area contributed by atoms with Crippen LogP contribution in [0.25, 0.3) is 0 Å². The van der Waals surface area contributed by atoms with Gasteiger partial charge in [-0.05, 0) is 76.5 Å². The van der Waals surface area contributed by atoms with E-state index in [0.29, 0.717) is 12.1 Å². The summed E-state index contributed by atoms with van der Waals surface area (Å²) in [6, 6.07) is 15.1. The van der Waals surface area contributed by atoms with Crippen LogP contribution in [0.1, 0.15) is 34.5 Å². The summed E-state index contributed by atoms with van der Waals surface area (Å²) in [4.78, 5) is 28.8. The molecule has 0 radical (unpaired) electrons. The Balaban J connectivity index is 1.61. The van der Waals surface area contributed by atoms with E-state index in [9.17, 15) is 23.5 Å². The summed E-state index contributed by atoms with van der Waals surface area (Å²) in [5, 5.41) is 16.7. The molecule has 0 spiro atoms. The van der Waals surface area contributed by atoms with E-state index in [0.717, 1.165) is 15.2 Å². The van der Waals surface area contributed by atoms with Crippen molar-refractivity contribution in [3.05, 3.63) is 98.9 Å². The molecule has 2 aromatic carbocycles. The number of nitrogens with one attached hydrogen (secondary N) is 2. The van der Waals surface area contributed by atoms with Gasteiger partial charge in [-0.15, -0.1) is 0 Å². The fraction of sp³-hybridized carbons (Fsp3) is 0.269. The van der Waals surface area contributed by atoms with Crippen LogP contribution in [0.3, 0.4) is 0 Å². The molecule has 1 heterocycles. The Morgan fingerprint density at radius 1 is 0.971 bits per heavy atom. The number of pyridine rings is 1. The highest BCUT2D eigenvalue weighted by Gasteiger charge is 2.23. The number of amides is 1. The van der Waals surface area contributed by atoms with E-state index in [1.807, 2.05) is 24.3 Å². The number of aromatic nitrogens is 1. The van der Waals surface area contributed by atoms with Gasteiger partial charge >= 0.3 is 0 Å². The monoisotopic (exact) mass is 593 g/mol. The van der Waals surface area contributed by atoms with Gasteiger partial charge < -0.3 is 15.7 Å². The molecule has 1 aromatic heterocycles. The number of Topliss-reactive ketones (excluding diaryl/α,β-unsaturated/α-hetero) is 1. The number of hydrogen-bond acceptors (Lipinski definition) is 5. The van der Waals surface area contributed by atoms with Crippen LogP contribution in [0, 0.1) is 15.2 Å². The number of aliphatic hydroxyl groups excluding tert-OH is 1. The maximum absolute atomic E-state index is 13.7. The third-order valence-corrected chi connectivity index (χ3v) is 5.96. The number of nitrogens with zero attached hydrogens (tertiary/aromatic N) is 1. The number of benzene rings is 2. The molecule has 9 heteroatoms. The molecular formula is C26H26F2IN3O3. The topological polar surface area (TPSA) is 91.3 Å². The SMILES string of the molecule is O=C(CCC(=O)c1ccccn1)N[C@@H](Cc1cc(F)cc(F)c1)[C@H](O)CNCc1cccc(I)c1. The number of halogens is 3. The van der Waals surface area contributed by atoms with Gasteiger partial charge in [0.2, 0.25) is 5.91 Å². The van der Waals surface area contributed by atoms with Gasteiger partial charge in [0, 0.05) is 41.8 Å². The van der Waals surface area contributed by atoms with Crippen LogP contribution in [-0.4, -0.2) is 40.5 Å². The van der Waals surface area contributed by atoms with Gasteiger partial charge in [0.1, 0.15) is 17.3 Å². The highest BCUT2D eigenvalue weighted by Crippen LogP contribution is 2.13. The largest absolute Gasteiger partial charge is 0.390 e. The van der Waals surface area contributed by atoms with Crippen LogP contribution in [0.4, 0.5) is 8.78 Å². The zero-order valence-corrected chi connectivity index (χ0v) is 21.0. The Bertz CT molecular complexity index is 1130. The normalized spacial score (nSPS) is 12.7. The number of hydrogen-bond donors (Lipinski definition) is 3. The van der Waals surface area contributed by atoms with E-state index in [1.54, 1.807) is 18.2 Å². The standard InChI is InChI=1S/C26H26F2IN3O3/c27-19-10-18(11-20(28)14-19)13-23(25(34)16-30-15-17-4-3-5-21(29)12-17)32-26(35)8-7-24(33)22-6-1-2-9-31-22/h1-6,9-12,14,23,25,30,34H,7-8,13,15-16H2,(H,32,35)/t23-,25+/m0/s1. The lowest BCUT2D eigenvalue weighted by Crippen LogP contribution is -2.48. The molecule has 0 aliphatic rings. The first-order chi connectivity index (χ1) is 16.8. The molecule has 3 aromatic rings. The molecule has 35 heavy (non-hydrogen) atoms. The predicted molar refractivity (Wildman–Crippen MR) is 137 cm³/mol. The van der Waals surface area contributed by atoms with Crippen molar-refractivity contribution in [1.82, 2.24) is 15.6 Å². The van der Waals surface area contributed by atoms with E-state index in [2.05, 4.69) is 38.2 Å². The van der Waals surface area contributed by atoms with Crippen LogP contribution in [0.15, 0.2) is 66.9 Å². The van der Waals surface area contributed by atoms with Crippen molar-refractivity contribution in [2.45, 2.75) is 38.0 Å². The van der Waals surface area contributed by atoms with E-state index < -0.39 is 29.7 Å². The molecule has 3 rings (SSSR count). The van der Waals surface area contributed by atoms with Crippen LogP contribution in [0.2, 0.25) is 0 Å². The fourth-order valence-corrected chi connectivity index (χ4v) is 4.19. The Morgan fingerprint density at radius 2 is 1.74 bits per heavy atom. The van der Waals surface area contributed by atoms with Crippen LogP contribution in [0.5, 0.6) is 0 Å². The first kappa shape index (κ1) is 26.8. The number of rotatable bonds is 12. The average molecular weight is 593 g/mol. The third-order valence-electron chi connectivity index (χ3n) is 5.29. The molecule has 0 fully saturated rings. The Kier molecular flexibility index (Phi) is 10.2. The van der Waals surface area contributed by atoms with E-state index in [4.69, 9.17) is 0 Å². The maximum atomic E-state index is 13.7. The quantitative estimate of drug-likeness (QED) is 0.220. The van der Waals surface area contributed by atoms with Gasteiger partial charge in [0.25, 0.3) is 0 Å². The van der Waals surface area contributed by atoms with E-state index in [-0.39, 0.29) is 37.3 Å². The average Bonchev–Trinajstić information content (AvgIpc) is 2.82. The van der Waals surface area contributed by atoms with Gasteiger partial charge in [-0.25, -0.2) is 8.78 Å². The van der Waals surface area contributed by atoms with Crippen LogP contribution >= 0.6 is 22.6 Å². The zero-order valence-electron chi connectivity index (χ0n) is 18.9. The van der Waals surface area contributed by atoms with E-state index >= 15 is 0 Å². The summed E-state index contributed by atoms with van der Waals surface area (Å²) in [6.07, 6.45) is 0.318. The van der Waals surface area contributed by atoms with Crippen molar-refractivity contribution in [3.8, 4) is 0 Å². The zero-order chi connectivity index (χ0) is 25.2. The maximum Gasteiger partial charge on any atom is 0.220 e. The number of carbonyl (C=O) groups is 2. The summed E-state index contributed by atoms with van der Waals surface area (Å²) in [5.41, 5.74) is 1.60. The minimum Gasteiger partial charge on any atom is -0.390 e. The summed E-state index contributed by atoms with van der Waals surface area (Å²) < 4.78 is 28.5. The van der Waals surface area contributed by atoms with E-state index in [1.165, 1.54) is 18.3 Å². The molecule has 3 N–H and O–H groups in total. The van der Waals surface area contributed by atoms with Crippen LogP contribution < -0.4 is 10.6 Å². The first-order valence-corrected chi connectivity index (χ1v) is 12.2. The van der Waals surface area contributed by atoms with Crippen LogP contribution in [-0.2, 0) is 17.8 Å². The van der Waals surface area contributed by atoms with Crippen molar-refractivity contribution >= 4 is 34.3 Å². The Hall–Kier alpha value is -2.76. The molecule has 184 valence electrons. The summed E-state index contributed by atoms with van der Waals surface area (Å²) in [7, 11) is 0. The molecular weight excluding hydrogens is 567 g/mol. The Labute approximate surface area is 216 Å². The van der Waals surface area contributed by atoms with Crippen molar-refractivity contribution in [2.75, 3.05) is 6.54 Å². The second-order valence-corrected chi connectivity index (χ2v) is 9.37. The summed E-state index contributed by atoms with van der Waals surface area (Å²) in [5.74, 6) is -2.20. The molecule has 2 atom stereocenters. The molecule has 0 unspecified atom stereocenters. The van der Waals surface area contributed by atoms with Crippen molar-refractivity contribution in [3.63, 3.8) is 0 Å². The lowest BCUT2D eigenvalue weighted by atomic mass is 10.00. The summed E-state index contributed by atoms with van der Waals surface area (Å²) >= 11 is 2.21. The highest BCUT2D eigenvalue weighted by atomic mass is 127. The number of carbonyl (C=O) groups excluding carboxylic acids is 2. The summed E-state index contributed by atoms with van der Waals surface area (Å²) in [6.45, 7) is 0.642. The smallest absolute Gasteiger partial charge is 0.220 e. The van der Waals surface area contributed by atoms with Gasteiger partial charge in [0.05, 0.1) is 12.1 Å². The first-order valence-electron chi connectivity index (χ1n) is 11.1. The molecule has 1 amide bonds. The lowest BCUT2D eigenvalue weighted by Gasteiger charge is -2.25. The predicted octanol–water partition coefficient (Wildman–Crippen LogP) is 3.81. The van der Waals surface area contributed by atoms with Gasteiger partial charge in [-0.1, -0.05) is 18.2 Å². The molecule has 6 nitrogen and oxygen atoms in total. The van der Waals surface area contributed by atoms with Crippen molar-refractivity contribution in [1.29, 1.82) is 0 Å². The number of ketones is 1. The molecule has 0 aliphatic carbocycles.